The van der Waals surface area contributed by atoms with Crippen molar-refractivity contribution in [1.29, 1.82) is 0 Å². The number of aliphatic imine (C=N–C) groups is 1. The van der Waals surface area contributed by atoms with Crippen LogP contribution in [0.4, 0.5) is 5.69 Å². The lowest BCUT2D eigenvalue weighted by Gasteiger charge is -2.35. The number of benzene rings is 2. The van der Waals surface area contributed by atoms with Crippen molar-refractivity contribution in [1.82, 2.24) is 0 Å². The van der Waals surface area contributed by atoms with E-state index in [4.69, 9.17) is 4.74 Å². The van der Waals surface area contributed by atoms with Crippen molar-refractivity contribution >= 4 is 23.0 Å². The van der Waals surface area contributed by atoms with E-state index in [9.17, 15) is 19.8 Å². The number of carbonyl (C=O) groups excluding carboxylic acids is 2. The molecule has 0 aliphatic carbocycles. The molecule has 2 aromatic rings. The molecule has 0 saturated carbocycles. The quantitative estimate of drug-likeness (QED) is 0.491. The van der Waals surface area contributed by atoms with Gasteiger partial charge in [-0.3, -0.25) is 14.6 Å². The second kappa shape index (κ2) is 8.96. The Bertz CT molecular complexity index is 1160. The van der Waals surface area contributed by atoms with Crippen LogP contribution in [0.1, 0.15) is 64.6 Å². The molecule has 2 N–H and O–H groups in total. The Hall–Kier alpha value is -3.23. The van der Waals surface area contributed by atoms with Gasteiger partial charge in [0.25, 0.3) is 0 Å². The van der Waals surface area contributed by atoms with Crippen LogP contribution >= 0.6 is 0 Å². The maximum absolute atomic E-state index is 13.0. The van der Waals surface area contributed by atoms with E-state index in [1.807, 2.05) is 6.07 Å². The molecular formula is C25H27N3O5. The molecule has 2 heterocycles. The molecule has 0 fully saturated rings. The van der Waals surface area contributed by atoms with E-state index in [1.165, 1.54) is 0 Å². The van der Waals surface area contributed by atoms with E-state index in [-0.39, 0.29) is 30.4 Å². The standard InChI is InChI=1S/C25H27N3O5/c1-14(2)24-17-6-4-16(9-20(17)27-28-24)21(31)10-19(26-3)15-5-7-23-18(8-15)22(32)11-25(12-29,13-30)33-23/h4-9,14,24,29-30H,10-13H2,1-3H3. The Morgan fingerprint density at radius 3 is 2.58 bits per heavy atom. The second-order valence-corrected chi connectivity index (χ2v) is 8.86. The van der Waals surface area contributed by atoms with Crippen molar-refractivity contribution in [2.24, 2.45) is 21.1 Å². The summed E-state index contributed by atoms with van der Waals surface area (Å²) in [6, 6.07) is 10.5. The minimum atomic E-state index is -1.32. The van der Waals surface area contributed by atoms with Crippen molar-refractivity contribution in [2.45, 2.75) is 38.3 Å². The zero-order valence-corrected chi connectivity index (χ0v) is 18.9. The van der Waals surface area contributed by atoms with Crippen molar-refractivity contribution < 1.29 is 24.5 Å². The number of nitrogens with zero attached hydrogens (tertiary/aromatic N) is 3. The summed E-state index contributed by atoms with van der Waals surface area (Å²) >= 11 is 0. The first-order valence-electron chi connectivity index (χ1n) is 10.9. The van der Waals surface area contributed by atoms with Crippen LogP contribution in [0.5, 0.6) is 5.75 Å². The fourth-order valence-corrected chi connectivity index (χ4v) is 4.20. The van der Waals surface area contributed by atoms with Gasteiger partial charge in [-0.25, -0.2) is 0 Å². The predicted molar refractivity (Wildman–Crippen MR) is 123 cm³/mol. The van der Waals surface area contributed by atoms with Gasteiger partial charge in [-0.05, 0) is 35.7 Å². The SMILES string of the molecule is CN=C(CC(=O)c1ccc2c(c1)N=NC2C(C)C)c1ccc2c(c1)C(=O)CC(CO)(CO)O2. The van der Waals surface area contributed by atoms with E-state index in [1.54, 1.807) is 37.4 Å². The molecule has 0 radical (unpaired) electrons. The van der Waals surface area contributed by atoms with Crippen LogP contribution in [0.3, 0.4) is 0 Å². The first-order chi connectivity index (χ1) is 15.8. The number of hydrogen-bond acceptors (Lipinski definition) is 8. The molecule has 8 heteroatoms. The molecule has 0 spiro atoms. The fourth-order valence-electron chi connectivity index (χ4n) is 4.20. The predicted octanol–water partition coefficient (Wildman–Crippen LogP) is 3.86. The zero-order chi connectivity index (χ0) is 23.8. The van der Waals surface area contributed by atoms with Gasteiger partial charge in [0.1, 0.15) is 11.8 Å². The van der Waals surface area contributed by atoms with Gasteiger partial charge in [-0.1, -0.05) is 26.0 Å². The maximum atomic E-state index is 13.0. The Balaban J connectivity index is 1.55. The van der Waals surface area contributed by atoms with Gasteiger partial charge in [0.05, 0.1) is 37.3 Å². The summed E-state index contributed by atoms with van der Waals surface area (Å²) in [6.07, 6.45) is -0.0693. The number of azo groups is 1. The summed E-state index contributed by atoms with van der Waals surface area (Å²) in [5.74, 6) is 0.266. The Morgan fingerprint density at radius 1 is 1.18 bits per heavy atom. The van der Waals surface area contributed by atoms with E-state index < -0.39 is 18.8 Å². The highest BCUT2D eigenvalue weighted by molar-refractivity contribution is 6.16. The average Bonchev–Trinajstić information content (AvgIpc) is 3.25. The number of hydrogen-bond donors (Lipinski definition) is 2. The van der Waals surface area contributed by atoms with E-state index in [0.717, 1.165) is 11.3 Å². The molecule has 2 aliphatic heterocycles. The Morgan fingerprint density at radius 2 is 1.91 bits per heavy atom. The summed E-state index contributed by atoms with van der Waals surface area (Å²) in [4.78, 5) is 30.0. The number of rotatable bonds is 7. The molecule has 0 bridgehead atoms. The van der Waals surface area contributed by atoms with Gasteiger partial charge in [0.2, 0.25) is 0 Å². The van der Waals surface area contributed by atoms with Crippen molar-refractivity contribution in [2.75, 3.05) is 20.3 Å². The molecule has 0 saturated heterocycles. The molecule has 8 nitrogen and oxygen atoms in total. The van der Waals surface area contributed by atoms with Crippen molar-refractivity contribution in [3.8, 4) is 5.75 Å². The highest BCUT2D eigenvalue weighted by atomic mass is 16.5. The van der Waals surface area contributed by atoms with Gasteiger partial charge in [0, 0.05) is 23.9 Å². The van der Waals surface area contributed by atoms with Crippen LogP contribution in [0.25, 0.3) is 0 Å². The molecule has 172 valence electrons. The third-order valence-corrected chi connectivity index (χ3v) is 6.19. The number of ketones is 2. The number of aliphatic hydroxyl groups excluding tert-OH is 2. The monoisotopic (exact) mass is 449 g/mol. The van der Waals surface area contributed by atoms with Gasteiger partial charge in [-0.15, -0.1) is 0 Å². The largest absolute Gasteiger partial charge is 0.481 e. The van der Waals surface area contributed by atoms with E-state index in [0.29, 0.717) is 34.1 Å². The van der Waals surface area contributed by atoms with Gasteiger partial charge in [-0.2, -0.15) is 10.2 Å². The number of ether oxygens (including phenoxy) is 1. The summed E-state index contributed by atoms with van der Waals surface area (Å²) < 4.78 is 5.73. The fraction of sp³-hybridized carbons (Fsp3) is 0.400. The van der Waals surface area contributed by atoms with Crippen LogP contribution in [-0.2, 0) is 0 Å². The molecule has 2 aromatic carbocycles. The average molecular weight is 450 g/mol. The number of fused-ring (bicyclic) bond motifs is 2. The first-order valence-corrected chi connectivity index (χ1v) is 10.9. The summed E-state index contributed by atoms with van der Waals surface area (Å²) in [6.45, 7) is 3.24. The summed E-state index contributed by atoms with van der Waals surface area (Å²) in [5, 5.41) is 27.7. The van der Waals surface area contributed by atoms with Crippen LogP contribution < -0.4 is 4.74 Å². The number of carbonyl (C=O) groups is 2. The molecular weight excluding hydrogens is 422 g/mol. The molecule has 2 aliphatic rings. The first kappa shape index (κ1) is 22.9. The second-order valence-electron chi connectivity index (χ2n) is 8.86. The smallest absolute Gasteiger partial charge is 0.170 e. The van der Waals surface area contributed by atoms with Crippen LogP contribution in [0, 0.1) is 5.92 Å². The van der Waals surface area contributed by atoms with Gasteiger partial charge in [0.15, 0.2) is 17.2 Å². The number of Topliss-reactive ketones (excluding diaryl/α,β-unsaturated/α-hetero) is 2. The highest BCUT2D eigenvalue weighted by Gasteiger charge is 2.40. The van der Waals surface area contributed by atoms with Crippen LogP contribution in [0.2, 0.25) is 0 Å². The van der Waals surface area contributed by atoms with E-state index >= 15 is 0 Å². The molecule has 1 atom stereocenters. The summed E-state index contributed by atoms with van der Waals surface area (Å²) in [5.41, 5.74) is 2.50. The normalized spacial score (nSPS) is 18.8. The molecule has 1 unspecified atom stereocenters. The third kappa shape index (κ3) is 4.24. The van der Waals surface area contributed by atoms with Crippen molar-refractivity contribution in [3.05, 3.63) is 58.7 Å². The summed E-state index contributed by atoms with van der Waals surface area (Å²) in [7, 11) is 1.60. The lowest BCUT2D eigenvalue weighted by Crippen LogP contribution is -2.48. The molecule has 4 rings (SSSR count). The topological polar surface area (TPSA) is 121 Å². The van der Waals surface area contributed by atoms with Crippen LogP contribution in [0.15, 0.2) is 51.6 Å². The van der Waals surface area contributed by atoms with Gasteiger partial charge >= 0.3 is 0 Å². The molecule has 0 aromatic heterocycles. The van der Waals surface area contributed by atoms with Crippen LogP contribution in [-0.4, -0.2) is 53.4 Å². The van der Waals surface area contributed by atoms with Crippen molar-refractivity contribution in [3.63, 3.8) is 0 Å². The van der Waals surface area contributed by atoms with Gasteiger partial charge < -0.3 is 14.9 Å². The Kier molecular flexibility index (Phi) is 6.23. The minimum Gasteiger partial charge on any atom is -0.481 e. The minimum absolute atomic E-state index is 0.0163. The molecule has 0 amide bonds. The lowest BCUT2D eigenvalue weighted by atomic mass is 9.89. The zero-order valence-electron chi connectivity index (χ0n) is 18.9. The van der Waals surface area contributed by atoms with E-state index in [2.05, 4.69) is 29.1 Å². The lowest BCUT2D eigenvalue weighted by molar-refractivity contribution is -0.0403. The highest BCUT2D eigenvalue weighted by Crippen LogP contribution is 2.40. The third-order valence-electron chi connectivity index (χ3n) is 6.19. The molecule has 33 heavy (non-hydrogen) atoms. The number of aliphatic hydroxyl groups is 2. The maximum Gasteiger partial charge on any atom is 0.170 e. The Labute approximate surface area is 192 Å².